The molecule has 3 aromatic rings. The van der Waals surface area contributed by atoms with Gasteiger partial charge in [0.05, 0.1) is 10.2 Å². The highest BCUT2D eigenvalue weighted by molar-refractivity contribution is 9.10. The minimum Gasteiger partial charge on any atom is -0.303 e. The third-order valence-electron chi connectivity index (χ3n) is 2.91. The van der Waals surface area contributed by atoms with Gasteiger partial charge in [-0.05, 0) is 41.1 Å². The monoisotopic (exact) mass is 352 g/mol. The van der Waals surface area contributed by atoms with Crippen molar-refractivity contribution >= 4 is 48.8 Å². The van der Waals surface area contributed by atoms with Crippen LogP contribution < -0.4 is 5.32 Å². The predicted molar refractivity (Wildman–Crippen MR) is 86.9 cm³/mol. The summed E-state index contributed by atoms with van der Waals surface area (Å²) in [4.78, 5) is 5.97. The van der Waals surface area contributed by atoms with Crippen molar-refractivity contribution in [2.24, 2.45) is 0 Å². The van der Waals surface area contributed by atoms with E-state index in [-0.39, 0.29) is 0 Å². The number of nitrogens with one attached hydrogen (secondary N) is 1. The van der Waals surface area contributed by atoms with Crippen LogP contribution in [0, 0.1) is 0 Å². The van der Waals surface area contributed by atoms with Crippen LogP contribution in [0.15, 0.2) is 40.2 Å². The number of hydrogen-bond donors (Lipinski definition) is 1. The molecule has 0 amide bonds. The predicted octanol–water partition coefficient (Wildman–Crippen LogP) is 4.97. The molecule has 2 heterocycles. The van der Waals surface area contributed by atoms with Crippen LogP contribution in [0.3, 0.4) is 0 Å². The second kappa shape index (κ2) is 5.71. The molecule has 2 nitrogen and oxygen atoms in total. The molecule has 98 valence electrons. The Morgan fingerprint density at radius 1 is 1.37 bits per heavy atom. The number of halogens is 1. The van der Waals surface area contributed by atoms with E-state index >= 15 is 0 Å². The Bertz CT molecular complexity index is 656. The van der Waals surface area contributed by atoms with Gasteiger partial charge in [0.1, 0.15) is 5.01 Å². The lowest BCUT2D eigenvalue weighted by Crippen LogP contribution is -2.16. The second-order valence-electron chi connectivity index (χ2n) is 4.35. The smallest absolute Gasteiger partial charge is 0.108 e. The molecule has 1 unspecified atom stereocenters. The number of thiophene rings is 1. The lowest BCUT2D eigenvalue weighted by Gasteiger charge is -2.10. The van der Waals surface area contributed by atoms with E-state index in [0.717, 1.165) is 21.5 Å². The first-order chi connectivity index (χ1) is 9.22. The summed E-state index contributed by atoms with van der Waals surface area (Å²) in [6.07, 6.45) is 0. The number of para-hydroxylation sites is 1. The molecular weight excluding hydrogens is 340 g/mol. The molecule has 3 rings (SSSR count). The molecular formula is C14H13BrN2S2. The molecule has 0 spiro atoms. The summed E-state index contributed by atoms with van der Waals surface area (Å²) in [5.41, 5.74) is 1.09. The first-order valence-electron chi connectivity index (χ1n) is 6.04. The van der Waals surface area contributed by atoms with Crippen LogP contribution in [0.5, 0.6) is 0 Å². The molecule has 0 saturated carbocycles. The number of hydrogen-bond acceptors (Lipinski definition) is 4. The molecule has 1 atom stereocenters. The van der Waals surface area contributed by atoms with Crippen molar-refractivity contribution in [1.82, 2.24) is 10.3 Å². The van der Waals surface area contributed by atoms with Gasteiger partial charge in [-0.15, -0.1) is 22.7 Å². The van der Waals surface area contributed by atoms with Gasteiger partial charge in [-0.3, -0.25) is 0 Å². The zero-order valence-corrected chi connectivity index (χ0v) is 13.6. The van der Waals surface area contributed by atoms with E-state index in [1.54, 1.807) is 22.7 Å². The first-order valence-corrected chi connectivity index (χ1v) is 8.53. The van der Waals surface area contributed by atoms with Gasteiger partial charge in [0.2, 0.25) is 0 Å². The average Bonchev–Trinajstić information content (AvgIpc) is 3.01. The Balaban J connectivity index is 1.68. The maximum atomic E-state index is 4.63. The zero-order valence-electron chi connectivity index (χ0n) is 10.4. The van der Waals surface area contributed by atoms with E-state index < -0.39 is 0 Å². The van der Waals surface area contributed by atoms with E-state index in [0.29, 0.717) is 6.04 Å². The minimum absolute atomic E-state index is 0.350. The Morgan fingerprint density at radius 2 is 2.21 bits per heavy atom. The van der Waals surface area contributed by atoms with Gasteiger partial charge in [-0.2, -0.15) is 0 Å². The summed E-state index contributed by atoms with van der Waals surface area (Å²) in [7, 11) is 0. The highest BCUT2D eigenvalue weighted by Crippen LogP contribution is 2.26. The fourth-order valence-corrected chi connectivity index (χ4v) is 4.29. The molecule has 0 radical (unpaired) electrons. The van der Waals surface area contributed by atoms with Crippen molar-refractivity contribution in [3.63, 3.8) is 0 Å². The maximum Gasteiger partial charge on any atom is 0.108 e. The summed E-state index contributed by atoms with van der Waals surface area (Å²) >= 11 is 7.02. The SMILES string of the molecule is CC(NCc1nc2ccccc2s1)c1cc(Br)cs1. The molecule has 19 heavy (non-hydrogen) atoms. The van der Waals surface area contributed by atoms with Crippen molar-refractivity contribution < 1.29 is 0 Å². The lowest BCUT2D eigenvalue weighted by molar-refractivity contribution is 0.582. The topological polar surface area (TPSA) is 24.9 Å². The molecule has 5 heteroatoms. The van der Waals surface area contributed by atoms with Gasteiger partial charge in [-0.1, -0.05) is 12.1 Å². The van der Waals surface area contributed by atoms with Crippen molar-refractivity contribution in [2.75, 3.05) is 0 Å². The van der Waals surface area contributed by atoms with Crippen molar-refractivity contribution in [2.45, 2.75) is 19.5 Å². The number of nitrogens with zero attached hydrogens (tertiary/aromatic N) is 1. The molecule has 0 aliphatic rings. The third-order valence-corrected chi connectivity index (χ3v) is 5.82. The molecule has 0 aliphatic heterocycles. The van der Waals surface area contributed by atoms with Crippen LogP contribution in [-0.2, 0) is 6.54 Å². The molecule has 2 aromatic heterocycles. The van der Waals surface area contributed by atoms with Crippen LogP contribution >= 0.6 is 38.6 Å². The summed E-state index contributed by atoms with van der Waals surface area (Å²) in [6.45, 7) is 3.00. The molecule has 0 fully saturated rings. The van der Waals surface area contributed by atoms with Gasteiger partial charge in [0.25, 0.3) is 0 Å². The number of rotatable bonds is 4. The van der Waals surface area contributed by atoms with E-state index in [1.807, 2.05) is 6.07 Å². The third kappa shape index (κ3) is 3.05. The molecule has 0 aliphatic carbocycles. The number of fused-ring (bicyclic) bond motifs is 1. The standard InChI is InChI=1S/C14H13BrN2S2/c1-9(13-6-10(15)8-18-13)16-7-14-17-11-4-2-3-5-12(11)19-14/h2-6,8-9,16H,7H2,1H3. The normalized spacial score (nSPS) is 12.9. The number of thiazole rings is 1. The summed E-state index contributed by atoms with van der Waals surface area (Å²) < 4.78 is 2.41. The van der Waals surface area contributed by atoms with Crippen LogP contribution in [-0.4, -0.2) is 4.98 Å². The molecule has 0 saturated heterocycles. The van der Waals surface area contributed by atoms with Crippen molar-refractivity contribution in [1.29, 1.82) is 0 Å². The number of aromatic nitrogens is 1. The first kappa shape index (κ1) is 13.2. The lowest BCUT2D eigenvalue weighted by atomic mass is 10.3. The summed E-state index contributed by atoms with van der Waals surface area (Å²) in [5, 5.41) is 6.79. The maximum absolute atomic E-state index is 4.63. The van der Waals surface area contributed by atoms with E-state index in [2.05, 4.69) is 62.8 Å². The van der Waals surface area contributed by atoms with Crippen LogP contribution in [0.1, 0.15) is 22.9 Å². The van der Waals surface area contributed by atoms with E-state index in [1.165, 1.54) is 9.58 Å². The molecule has 1 aromatic carbocycles. The van der Waals surface area contributed by atoms with Gasteiger partial charge >= 0.3 is 0 Å². The van der Waals surface area contributed by atoms with E-state index in [9.17, 15) is 0 Å². The Labute approximate surface area is 128 Å². The fraction of sp³-hybridized carbons (Fsp3) is 0.214. The Kier molecular flexibility index (Phi) is 3.98. The highest BCUT2D eigenvalue weighted by atomic mass is 79.9. The van der Waals surface area contributed by atoms with Gasteiger partial charge in [0.15, 0.2) is 0 Å². The van der Waals surface area contributed by atoms with Crippen LogP contribution in [0.25, 0.3) is 10.2 Å². The largest absolute Gasteiger partial charge is 0.303 e. The van der Waals surface area contributed by atoms with Crippen molar-refractivity contribution in [3.8, 4) is 0 Å². The summed E-state index contributed by atoms with van der Waals surface area (Å²) in [5.74, 6) is 0. The zero-order chi connectivity index (χ0) is 13.2. The van der Waals surface area contributed by atoms with Crippen LogP contribution in [0.2, 0.25) is 0 Å². The highest BCUT2D eigenvalue weighted by Gasteiger charge is 2.09. The quantitative estimate of drug-likeness (QED) is 0.716. The van der Waals surface area contributed by atoms with E-state index in [4.69, 9.17) is 0 Å². The van der Waals surface area contributed by atoms with Gasteiger partial charge in [-0.25, -0.2) is 4.98 Å². The Hall–Kier alpha value is -0.750. The minimum atomic E-state index is 0.350. The number of benzene rings is 1. The average molecular weight is 353 g/mol. The van der Waals surface area contributed by atoms with Gasteiger partial charge < -0.3 is 5.32 Å². The summed E-state index contributed by atoms with van der Waals surface area (Å²) in [6, 6.07) is 10.8. The second-order valence-corrected chi connectivity index (χ2v) is 7.32. The fourth-order valence-electron chi connectivity index (χ4n) is 1.89. The molecule has 0 bridgehead atoms. The van der Waals surface area contributed by atoms with Crippen molar-refractivity contribution in [3.05, 3.63) is 50.1 Å². The van der Waals surface area contributed by atoms with Gasteiger partial charge in [0, 0.05) is 27.3 Å². The van der Waals surface area contributed by atoms with Crippen LogP contribution in [0.4, 0.5) is 0 Å². The molecule has 1 N–H and O–H groups in total. The Morgan fingerprint density at radius 3 is 2.95 bits per heavy atom.